The highest BCUT2D eigenvalue weighted by Crippen LogP contribution is 2.25. The first kappa shape index (κ1) is 19.6. The van der Waals surface area contributed by atoms with Crippen LogP contribution in [0, 0.1) is 11.3 Å². The Morgan fingerprint density at radius 1 is 1.10 bits per heavy atom. The van der Waals surface area contributed by atoms with Gasteiger partial charge in [-0.05, 0) is 43.2 Å². The summed E-state index contributed by atoms with van der Waals surface area (Å²) in [5.74, 6) is -0.322. The van der Waals surface area contributed by atoms with Gasteiger partial charge >= 0.3 is 0 Å². The van der Waals surface area contributed by atoms with Crippen molar-refractivity contribution < 1.29 is 4.79 Å². The van der Waals surface area contributed by atoms with Crippen LogP contribution in [0.1, 0.15) is 37.7 Å². The van der Waals surface area contributed by atoms with Gasteiger partial charge in [-0.3, -0.25) is 9.78 Å². The summed E-state index contributed by atoms with van der Waals surface area (Å²) in [6, 6.07) is 15.7. The number of carbonyl (C=O) groups excluding carboxylic acids is 1. The van der Waals surface area contributed by atoms with Crippen LogP contribution >= 0.6 is 0 Å². The van der Waals surface area contributed by atoms with Crippen LogP contribution in [0.5, 0.6) is 0 Å². The molecule has 1 aliphatic rings. The van der Waals surface area contributed by atoms with Gasteiger partial charge in [-0.2, -0.15) is 10.4 Å². The van der Waals surface area contributed by atoms with Crippen molar-refractivity contribution in [3.8, 4) is 23.0 Å². The zero-order valence-corrected chi connectivity index (χ0v) is 16.7. The SMILES string of the molecule is N#CC(=Cc1cn(-c2ccccc2)nc1-c1ccncc1)C(=O)NC1CCCCC1. The molecule has 0 bridgehead atoms. The molecule has 0 aliphatic heterocycles. The van der Waals surface area contributed by atoms with Crippen LogP contribution in [-0.2, 0) is 4.79 Å². The summed E-state index contributed by atoms with van der Waals surface area (Å²) in [4.78, 5) is 16.8. The molecule has 1 amide bonds. The van der Waals surface area contributed by atoms with E-state index in [0.29, 0.717) is 11.3 Å². The first-order valence-corrected chi connectivity index (χ1v) is 10.2. The van der Waals surface area contributed by atoms with Crippen molar-refractivity contribution in [1.29, 1.82) is 5.26 Å². The Balaban J connectivity index is 1.69. The summed E-state index contributed by atoms with van der Waals surface area (Å²) in [6.45, 7) is 0. The highest BCUT2D eigenvalue weighted by molar-refractivity contribution is 6.02. The molecule has 30 heavy (non-hydrogen) atoms. The first-order valence-electron chi connectivity index (χ1n) is 10.2. The van der Waals surface area contributed by atoms with Crippen molar-refractivity contribution in [2.24, 2.45) is 0 Å². The molecule has 1 N–H and O–H groups in total. The molecule has 6 heteroatoms. The van der Waals surface area contributed by atoms with E-state index in [1.807, 2.05) is 48.7 Å². The summed E-state index contributed by atoms with van der Waals surface area (Å²) in [5.41, 5.74) is 3.26. The molecule has 1 aliphatic carbocycles. The Bertz CT molecular complexity index is 1070. The third-order valence-corrected chi connectivity index (χ3v) is 5.32. The van der Waals surface area contributed by atoms with Gasteiger partial charge in [0.2, 0.25) is 0 Å². The molecule has 0 unspecified atom stereocenters. The predicted molar refractivity (Wildman–Crippen MR) is 115 cm³/mol. The van der Waals surface area contributed by atoms with E-state index in [1.54, 1.807) is 23.2 Å². The van der Waals surface area contributed by atoms with Crippen LogP contribution in [0.15, 0.2) is 66.6 Å². The van der Waals surface area contributed by atoms with Gasteiger partial charge in [0.1, 0.15) is 17.3 Å². The maximum Gasteiger partial charge on any atom is 0.262 e. The van der Waals surface area contributed by atoms with E-state index in [0.717, 1.165) is 36.9 Å². The minimum absolute atomic E-state index is 0.0866. The van der Waals surface area contributed by atoms with E-state index in [1.165, 1.54) is 6.42 Å². The summed E-state index contributed by atoms with van der Waals surface area (Å²) in [7, 11) is 0. The fourth-order valence-electron chi connectivity index (χ4n) is 3.75. The number of aromatic nitrogens is 3. The van der Waals surface area contributed by atoms with Gasteiger partial charge in [-0.1, -0.05) is 37.5 Å². The van der Waals surface area contributed by atoms with Gasteiger partial charge in [-0.25, -0.2) is 4.68 Å². The van der Waals surface area contributed by atoms with Crippen LogP contribution in [0.2, 0.25) is 0 Å². The Morgan fingerprint density at radius 2 is 1.83 bits per heavy atom. The number of amides is 1. The predicted octanol–water partition coefficient (Wildman–Crippen LogP) is 4.29. The molecule has 150 valence electrons. The molecule has 6 nitrogen and oxygen atoms in total. The molecule has 1 fully saturated rings. The number of hydrogen-bond acceptors (Lipinski definition) is 4. The number of nitriles is 1. The van der Waals surface area contributed by atoms with Gasteiger partial charge in [0.15, 0.2) is 0 Å². The third-order valence-electron chi connectivity index (χ3n) is 5.32. The molecule has 4 rings (SSSR count). The van der Waals surface area contributed by atoms with Gasteiger partial charge in [-0.15, -0.1) is 0 Å². The van der Waals surface area contributed by atoms with Gasteiger partial charge < -0.3 is 5.32 Å². The van der Waals surface area contributed by atoms with Gasteiger partial charge in [0.25, 0.3) is 5.91 Å². The monoisotopic (exact) mass is 397 g/mol. The van der Waals surface area contributed by atoms with Crippen LogP contribution in [0.25, 0.3) is 23.0 Å². The fraction of sp³-hybridized carbons (Fsp3) is 0.250. The second kappa shape index (κ2) is 9.19. The topological polar surface area (TPSA) is 83.6 Å². The third kappa shape index (κ3) is 4.47. The first-order chi connectivity index (χ1) is 14.7. The van der Waals surface area contributed by atoms with E-state index < -0.39 is 0 Å². The standard InChI is InChI=1S/C24H23N5O/c25-16-19(24(30)27-21-7-3-1-4-8-21)15-20-17-29(22-9-5-2-6-10-22)28-23(20)18-11-13-26-14-12-18/h2,5-6,9-15,17,21H,1,3-4,7-8H2,(H,27,30). The van der Waals surface area contributed by atoms with Crippen molar-refractivity contribution in [2.45, 2.75) is 38.1 Å². The second-order valence-corrected chi connectivity index (χ2v) is 7.43. The maximum absolute atomic E-state index is 12.7. The lowest BCUT2D eigenvalue weighted by molar-refractivity contribution is -0.117. The number of nitrogens with one attached hydrogen (secondary N) is 1. The Hall–Kier alpha value is -3.72. The minimum atomic E-state index is -0.322. The lowest BCUT2D eigenvalue weighted by Gasteiger charge is -2.22. The number of benzene rings is 1. The molecule has 1 saturated carbocycles. The van der Waals surface area contributed by atoms with Crippen molar-refractivity contribution in [2.75, 3.05) is 0 Å². The van der Waals surface area contributed by atoms with E-state index in [2.05, 4.69) is 16.4 Å². The molecule has 2 heterocycles. The highest BCUT2D eigenvalue weighted by Gasteiger charge is 2.19. The van der Waals surface area contributed by atoms with Gasteiger partial charge in [0.05, 0.1) is 5.69 Å². The number of rotatable bonds is 5. The number of pyridine rings is 1. The van der Waals surface area contributed by atoms with Crippen molar-refractivity contribution in [3.05, 3.63) is 72.2 Å². The van der Waals surface area contributed by atoms with E-state index >= 15 is 0 Å². The van der Waals surface area contributed by atoms with Crippen LogP contribution < -0.4 is 5.32 Å². The molecule has 1 aromatic carbocycles. The average Bonchev–Trinajstić information content (AvgIpc) is 3.23. The Morgan fingerprint density at radius 3 is 2.53 bits per heavy atom. The van der Waals surface area contributed by atoms with Crippen LogP contribution in [-0.4, -0.2) is 26.7 Å². The summed E-state index contributed by atoms with van der Waals surface area (Å²) < 4.78 is 1.76. The molecule has 3 aromatic rings. The molecule has 0 atom stereocenters. The van der Waals surface area contributed by atoms with Crippen molar-refractivity contribution in [1.82, 2.24) is 20.1 Å². The van der Waals surface area contributed by atoms with Crippen LogP contribution in [0.3, 0.4) is 0 Å². The lowest BCUT2D eigenvalue weighted by atomic mass is 9.95. The van der Waals surface area contributed by atoms with E-state index in [-0.39, 0.29) is 17.5 Å². The molecule has 0 saturated heterocycles. The number of nitrogens with zero attached hydrogens (tertiary/aromatic N) is 4. The smallest absolute Gasteiger partial charge is 0.262 e. The maximum atomic E-state index is 12.7. The van der Waals surface area contributed by atoms with Crippen molar-refractivity contribution in [3.63, 3.8) is 0 Å². The summed E-state index contributed by atoms with van der Waals surface area (Å²) >= 11 is 0. The quantitative estimate of drug-likeness (QED) is 0.514. The van der Waals surface area contributed by atoms with Crippen molar-refractivity contribution >= 4 is 12.0 Å². The summed E-state index contributed by atoms with van der Waals surface area (Å²) in [5, 5.41) is 17.4. The number of para-hydroxylation sites is 1. The van der Waals surface area contributed by atoms with Gasteiger partial charge in [0, 0.05) is 35.8 Å². The van der Waals surface area contributed by atoms with Crippen LogP contribution in [0.4, 0.5) is 0 Å². The molecule has 0 radical (unpaired) electrons. The Labute approximate surface area is 175 Å². The lowest BCUT2D eigenvalue weighted by Crippen LogP contribution is -2.36. The van der Waals surface area contributed by atoms with E-state index in [9.17, 15) is 10.1 Å². The minimum Gasteiger partial charge on any atom is -0.349 e. The molecular weight excluding hydrogens is 374 g/mol. The summed E-state index contributed by atoms with van der Waals surface area (Å²) in [6.07, 6.45) is 12.3. The second-order valence-electron chi connectivity index (χ2n) is 7.43. The largest absolute Gasteiger partial charge is 0.349 e. The normalized spacial score (nSPS) is 14.8. The highest BCUT2D eigenvalue weighted by atomic mass is 16.1. The molecule has 2 aromatic heterocycles. The molecular formula is C24H23N5O. The fourth-order valence-corrected chi connectivity index (χ4v) is 3.75. The Kier molecular flexibility index (Phi) is 6.00. The van der Waals surface area contributed by atoms with E-state index in [4.69, 9.17) is 5.10 Å². The molecule has 0 spiro atoms. The number of hydrogen-bond donors (Lipinski definition) is 1. The number of carbonyl (C=O) groups is 1. The average molecular weight is 397 g/mol. The zero-order valence-electron chi connectivity index (χ0n) is 16.7. The zero-order chi connectivity index (χ0) is 20.8.